The molecule has 21 heavy (non-hydrogen) atoms. The Labute approximate surface area is 128 Å². The predicted octanol–water partition coefficient (Wildman–Crippen LogP) is 0.365. The number of hydrogen-bond donors (Lipinski definition) is 1. The highest BCUT2D eigenvalue weighted by atomic mass is 35.5. The number of non-ortho nitro benzene ring substituents is 1. The number of sulfonamides is 1. The number of benzene rings is 1. The average Bonchev–Trinajstić information content (AvgIpc) is 2.47. The first-order valence-electron chi connectivity index (χ1n) is 6.01. The summed E-state index contributed by atoms with van der Waals surface area (Å²) in [7, 11) is -3.67. The molecule has 0 unspecified atom stereocenters. The van der Waals surface area contributed by atoms with Crippen molar-refractivity contribution >= 4 is 28.1 Å². The number of nitro groups is 1. The van der Waals surface area contributed by atoms with Crippen LogP contribution in [0.1, 0.15) is 0 Å². The second-order valence-electron chi connectivity index (χ2n) is 4.34. The molecular weight excluding hydrogens is 322 g/mol. The number of nitrogens with two attached hydrogens (primary N) is 1. The Morgan fingerprint density at radius 2 is 2.00 bits per heavy atom. The van der Waals surface area contributed by atoms with Crippen LogP contribution >= 0.6 is 12.4 Å². The van der Waals surface area contributed by atoms with Gasteiger partial charge in [-0.2, -0.15) is 4.31 Å². The lowest BCUT2D eigenvalue weighted by atomic mass is 10.3. The maximum absolute atomic E-state index is 12.4. The van der Waals surface area contributed by atoms with Crippen molar-refractivity contribution in [2.24, 2.45) is 5.73 Å². The molecule has 2 N–H and O–H groups in total. The Kier molecular flexibility index (Phi) is 6.05. The Hall–Kier alpha value is -1.26. The van der Waals surface area contributed by atoms with Crippen molar-refractivity contribution in [1.29, 1.82) is 0 Å². The quantitative estimate of drug-likeness (QED) is 0.626. The lowest BCUT2D eigenvalue weighted by molar-refractivity contribution is -0.384. The number of morpholine rings is 1. The van der Waals surface area contributed by atoms with Crippen LogP contribution in [0.4, 0.5) is 5.69 Å². The van der Waals surface area contributed by atoms with Gasteiger partial charge in [0.1, 0.15) is 0 Å². The molecule has 1 saturated heterocycles. The summed E-state index contributed by atoms with van der Waals surface area (Å²) in [5.41, 5.74) is 5.33. The Morgan fingerprint density at radius 1 is 1.38 bits per heavy atom. The standard InChI is InChI=1S/C11H15N3O5S.ClH/c12-7-10-8-13(5-6-19-10)20(17,18)11-3-1-9(2-4-11)14(15)16;/h1-4,10H,5-8,12H2;1H/t10-;/m0./s1. The Morgan fingerprint density at radius 3 is 2.52 bits per heavy atom. The van der Waals surface area contributed by atoms with Gasteiger partial charge in [-0.05, 0) is 12.1 Å². The summed E-state index contributed by atoms with van der Waals surface area (Å²) in [6.45, 7) is 0.964. The topological polar surface area (TPSA) is 116 Å². The average molecular weight is 338 g/mol. The normalized spacial score (nSPS) is 19.8. The summed E-state index contributed by atoms with van der Waals surface area (Å²) >= 11 is 0. The minimum atomic E-state index is -3.67. The van der Waals surface area contributed by atoms with Crippen molar-refractivity contribution in [2.45, 2.75) is 11.0 Å². The third-order valence-electron chi connectivity index (χ3n) is 3.05. The van der Waals surface area contributed by atoms with Gasteiger partial charge in [-0.3, -0.25) is 10.1 Å². The lowest BCUT2D eigenvalue weighted by Crippen LogP contribution is -2.48. The van der Waals surface area contributed by atoms with Crippen LogP contribution in [0.25, 0.3) is 0 Å². The van der Waals surface area contributed by atoms with Crippen LogP contribution in [-0.2, 0) is 14.8 Å². The number of hydrogen-bond acceptors (Lipinski definition) is 6. The third-order valence-corrected chi connectivity index (χ3v) is 4.93. The van der Waals surface area contributed by atoms with Crippen LogP contribution in [0, 0.1) is 10.1 Å². The lowest BCUT2D eigenvalue weighted by Gasteiger charge is -2.31. The second kappa shape index (κ2) is 7.14. The molecule has 1 aliphatic heterocycles. The first-order chi connectivity index (χ1) is 9.45. The van der Waals surface area contributed by atoms with Crippen LogP contribution < -0.4 is 5.73 Å². The van der Waals surface area contributed by atoms with E-state index in [0.717, 1.165) is 0 Å². The summed E-state index contributed by atoms with van der Waals surface area (Å²) in [4.78, 5) is 10.0. The molecule has 0 spiro atoms. The van der Waals surface area contributed by atoms with Gasteiger partial charge in [-0.15, -0.1) is 12.4 Å². The number of ether oxygens (including phenoxy) is 1. The maximum Gasteiger partial charge on any atom is 0.269 e. The van der Waals surface area contributed by atoms with E-state index in [9.17, 15) is 18.5 Å². The molecule has 10 heteroatoms. The number of nitro benzene ring substituents is 1. The maximum atomic E-state index is 12.4. The van der Waals surface area contributed by atoms with Gasteiger partial charge < -0.3 is 10.5 Å². The second-order valence-corrected chi connectivity index (χ2v) is 6.28. The Bertz CT molecular complexity index is 592. The van der Waals surface area contributed by atoms with Gasteiger partial charge in [-0.1, -0.05) is 0 Å². The van der Waals surface area contributed by atoms with Gasteiger partial charge in [0.25, 0.3) is 5.69 Å². The molecule has 118 valence electrons. The number of rotatable bonds is 4. The minimum absolute atomic E-state index is 0. The molecular formula is C11H16ClN3O5S. The fourth-order valence-electron chi connectivity index (χ4n) is 1.94. The molecule has 0 aliphatic carbocycles. The van der Waals surface area contributed by atoms with Crippen LogP contribution in [0.3, 0.4) is 0 Å². The van der Waals surface area contributed by atoms with Crippen LogP contribution in [0.2, 0.25) is 0 Å². The fraction of sp³-hybridized carbons (Fsp3) is 0.455. The molecule has 0 radical (unpaired) electrons. The van der Waals surface area contributed by atoms with Gasteiger partial charge >= 0.3 is 0 Å². The van der Waals surface area contributed by atoms with E-state index in [4.69, 9.17) is 10.5 Å². The monoisotopic (exact) mass is 337 g/mol. The van der Waals surface area contributed by atoms with Gasteiger partial charge in [0.15, 0.2) is 0 Å². The zero-order valence-electron chi connectivity index (χ0n) is 11.0. The number of nitrogens with zero attached hydrogens (tertiary/aromatic N) is 2. The van der Waals surface area contributed by atoms with Crippen molar-refractivity contribution in [3.63, 3.8) is 0 Å². The molecule has 0 bridgehead atoms. The smallest absolute Gasteiger partial charge is 0.269 e. The molecule has 1 aromatic rings. The van der Waals surface area contributed by atoms with E-state index in [1.807, 2.05) is 0 Å². The van der Waals surface area contributed by atoms with Gasteiger partial charge in [0, 0.05) is 31.8 Å². The minimum Gasteiger partial charge on any atom is -0.374 e. The molecule has 0 saturated carbocycles. The first-order valence-corrected chi connectivity index (χ1v) is 7.45. The van der Waals surface area contributed by atoms with E-state index >= 15 is 0 Å². The molecule has 1 heterocycles. The summed E-state index contributed by atoms with van der Waals surface area (Å²) in [5, 5.41) is 10.6. The molecule has 1 fully saturated rings. The van der Waals surface area contributed by atoms with Crippen molar-refractivity contribution in [2.75, 3.05) is 26.2 Å². The zero-order chi connectivity index (χ0) is 14.8. The molecule has 0 amide bonds. The van der Waals surface area contributed by atoms with Crippen molar-refractivity contribution in [3.8, 4) is 0 Å². The third kappa shape index (κ3) is 3.89. The van der Waals surface area contributed by atoms with E-state index in [1.165, 1.54) is 28.6 Å². The summed E-state index contributed by atoms with van der Waals surface area (Å²) < 4.78 is 31.4. The highest BCUT2D eigenvalue weighted by Crippen LogP contribution is 2.21. The van der Waals surface area contributed by atoms with Crippen LogP contribution in [-0.4, -0.2) is 50.0 Å². The largest absolute Gasteiger partial charge is 0.374 e. The summed E-state index contributed by atoms with van der Waals surface area (Å²) in [6.07, 6.45) is -0.323. The predicted molar refractivity (Wildman–Crippen MR) is 77.9 cm³/mol. The van der Waals surface area contributed by atoms with Gasteiger partial charge in [-0.25, -0.2) is 8.42 Å². The van der Waals surface area contributed by atoms with Crippen molar-refractivity contribution in [1.82, 2.24) is 4.31 Å². The first kappa shape index (κ1) is 17.8. The zero-order valence-corrected chi connectivity index (χ0v) is 12.7. The van der Waals surface area contributed by atoms with E-state index in [0.29, 0.717) is 0 Å². The molecule has 0 aromatic heterocycles. The number of halogens is 1. The van der Waals surface area contributed by atoms with Gasteiger partial charge in [0.05, 0.1) is 22.5 Å². The van der Waals surface area contributed by atoms with E-state index < -0.39 is 14.9 Å². The Balaban J connectivity index is 0.00000220. The molecule has 8 nitrogen and oxygen atoms in total. The van der Waals surface area contributed by atoms with E-state index in [2.05, 4.69) is 0 Å². The van der Waals surface area contributed by atoms with E-state index in [1.54, 1.807) is 0 Å². The SMILES string of the molecule is Cl.NC[C@H]1CN(S(=O)(=O)c2ccc([N+](=O)[O-])cc2)CCO1. The summed E-state index contributed by atoms with van der Waals surface area (Å²) in [6, 6.07) is 4.82. The molecule has 2 rings (SSSR count). The molecule has 1 aromatic carbocycles. The summed E-state index contributed by atoms with van der Waals surface area (Å²) in [5.74, 6) is 0. The molecule has 1 atom stereocenters. The fourth-order valence-corrected chi connectivity index (χ4v) is 3.40. The molecule has 1 aliphatic rings. The highest BCUT2D eigenvalue weighted by molar-refractivity contribution is 7.89. The van der Waals surface area contributed by atoms with Gasteiger partial charge in [0.2, 0.25) is 10.0 Å². The van der Waals surface area contributed by atoms with Crippen molar-refractivity contribution in [3.05, 3.63) is 34.4 Å². The highest BCUT2D eigenvalue weighted by Gasteiger charge is 2.30. The van der Waals surface area contributed by atoms with Crippen molar-refractivity contribution < 1.29 is 18.1 Å². The van der Waals surface area contributed by atoms with E-state index in [-0.39, 0.29) is 55.3 Å². The van der Waals surface area contributed by atoms with Crippen LogP contribution in [0.5, 0.6) is 0 Å². The van der Waals surface area contributed by atoms with Crippen LogP contribution in [0.15, 0.2) is 29.2 Å².